The van der Waals surface area contributed by atoms with Crippen molar-refractivity contribution in [2.45, 2.75) is 46.5 Å². The van der Waals surface area contributed by atoms with Crippen molar-refractivity contribution in [2.24, 2.45) is 12.5 Å². The molecule has 0 N–H and O–H groups in total. The molecular formula is C19H26N6O2. The number of ether oxygens (including phenoxy) is 1. The Balaban J connectivity index is 1.65. The molecule has 0 aliphatic rings. The van der Waals surface area contributed by atoms with Crippen molar-refractivity contribution >= 4 is 0 Å². The third-order valence-corrected chi connectivity index (χ3v) is 4.54. The predicted octanol–water partition coefficient (Wildman–Crippen LogP) is 3.17. The zero-order valence-corrected chi connectivity index (χ0v) is 16.6. The number of rotatable bonds is 8. The molecular weight excluding hydrogens is 344 g/mol. The maximum absolute atomic E-state index is 5.53. The molecule has 0 atom stereocenters. The molecule has 0 aliphatic heterocycles. The fourth-order valence-corrected chi connectivity index (χ4v) is 3.18. The Morgan fingerprint density at radius 3 is 2.63 bits per heavy atom. The number of hydrogen-bond acceptors (Lipinski definition) is 7. The highest BCUT2D eigenvalue weighted by atomic mass is 16.5. The number of tetrazole rings is 1. The van der Waals surface area contributed by atoms with E-state index in [1.54, 1.807) is 14.2 Å². The van der Waals surface area contributed by atoms with Gasteiger partial charge in [-0.3, -0.25) is 0 Å². The van der Waals surface area contributed by atoms with Gasteiger partial charge in [-0.05, 0) is 53.7 Å². The first-order valence-electron chi connectivity index (χ1n) is 9.06. The molecule has 8 heteroatoms. The maximum Gasteiger partial charge on any atom is 0.217 e. The Morgan fingerprint density at radius 2 is 2.00 bits per heavy atom. The lowest BCUT2D eigenvalue weighted by Crippen LogP contribution is -2.15. The van der Waals surface area contributed by atoms with Crippen molar-refractivity contribution in [1.82, 2.24) is 30.4 Å². The second-order valence-electron chi connectivity index (χ2n) is 7.54. The van der Waals surface area contributed by atoms with Crippen LogP contribution in [0.1, 0.15) is 44.0 Å². The minimum atomic E-state index is 0.0796. The van der Waals surface area contributed by atoms with Crippen molar-refractivity contribution in [3.63, 3.8) is 0 Å². The van der Waals surface area contributed by atoms with E-state index in [-0.39, 0.29) is 5.41 Å². The van der Waals surface area contributed by atoms with Crippen LogP contribution in [0.5, 0.6) is 5.75 Å². The van der Waals surface area contributed by atoms with Gasteiger partial charge in [0.25, 0.3) is 0 Å². The van der Waals surface area contributed by atoms with Crippen molar-refractivity contribution in [1.29, 1.82) is 0 Å². The molecule has 2 aromatic heterocycles. The summed E-state index contributed by atoms with van der Waals surface area (Å²) in [7, 11) is 3.45. The second-order valence-corrected chi connectivity index (χ2v) is 7.54. The molecule has 1 aromatic carbocycles. The van der Waals surface area contributed by atoms with E-state index in [9.17, 15) is 0 Å². The Kier molecular flexibility index (Phi) is 5.53. The van der Waals surface area contributed by atoms with Crippen LogP contribution in [0.25, 0.3) is 11.4 Å². The molecule has 0 amide bonds. The standard InChI is InChI=1S/C19H26N6O2/c1-13-20-21-17(27-13)12-19(2,3)10-6-7-14-11-15(8-9-16(14)26-5)18-22-24-25(4)23-18/h8-9,11H,6-7,10,12H2,1-5H3. The largest absolute Gasteiger partial charge is 0.496 e. The van der Waals surface area contributed by atoms with Gasteiger partial charge in [-0.15, -0.1) is 20.4 Å². The summed E-state index contributed by atoms with van der Waals surface area (Å²) < 4.78 is 11.1. The van der Waals surface area contributed by atoms with Gasteiger partial charge in [0.1, 0.15) is 5.75 Å². The number of aromatic nitrogens is 6. The molecule has 2 heterocycles. The quantitative estimate of drug-likeness (QED) is 0.601. The molecule has 0 fully saturated rings. The van der Waals surface area contributed by atoms with Crippen molar-refractivity contribution < 1.29 is 9.15 Å². The Labute approximate surface area is 158 Å². The van der Waals surface area contributed by atoms with Crippen LogP contribution < -0.4 is 4.74 Å². The molecule has 8 nitrogen and oxygen atoms in total. The fourth-order valence-electron chi connectivity index (χ4n) is 3.18. The molecule has 144 valence electrons. The smallest absolute Gasteiger partial charge is 0.217 e. The monoisotopic (exact) mass is 370 g/mol. The van der Waals surface area contributed by atoms with Gasteiger partial charge in [-0.25, -0.2) is 0 Å². The average molecular weight is 370 g/mol. The fraction of sp³-hybridized carbons (Fsp3) is 0.526. The van der Waals surface area contributed by atoms with Gasteiger partial charge in [0.15, 0.2) is 0 Å². The van der Waals surface area contributed by atoms with E-state index >= 15 is 0 Å². The van der Waals surface area contributed by atoms with Gasteiger partial charge in [0.2, 0.25) is 17.6 Å². The van der Waals surface area contributed by atoms with Crippen molar-refractivity contribution in [3.05, 3.63) is 35.5 Å². The van der Waals surface area contributed by atoms with E-state index in [0.717, 1.165) is 42.6 Å². The molecule has 0 spiro atoms. The maximum atomic E-state index is 5.53. The Hall–Kier alpha value is -2.77. The van der Waals surface area contributed by atoms with E-state index in [1.165, 1.54) is 4.80 Å². The first-order chi connectivity index (χ1) is 12.9. The van der Waals surface area contributed by atoms with Gasteiger partial charge in [0.05, 0.1) is 14.2 Å². The van der Waals surface area contributed by atoms with Gasteiger partial charge in [0, 0.05) is 18.9 Å². The zero-order chi connectivity index (χ0) is 19.4. The lowest BCUT2D eigenvalue weighted by molar-refractivity contribution is 0.288. The summed E-state index contributed by atoms with van der Waals surface area (Å²) in [5.74, 6) is 2.81. The van der Waals surface area contributed by atoms with Crippen LogP contribution in [-0.2, 0) is 19.9 Å². The van der Waals surface area contributed by atoms with Crippen molar-refractivity contribution in [3.8, 4) is 17.1 Å². The molecule has 0 unspecified atom stereocenters. The van der Waals surface area contributed by atoms with Crippen LogP contribution in [-0.4, -0.2) is 37.5 Å². The molecule has 3 aromatic rings. The molecule has 0 aliphatic carbocycles. The van der Waals surface area contributed by atoms with Crippen LogP contribution in [0, 0.1) is 12.3 Å². The summed E-state index contributed by atoms with van der Waals surface area (Å²) >= 11 is 0. The molecule has 3 rings (SSSR count). The SMILES string of the molecule is COc1ccc(-c2nnn(C)n2)cc1CCCC(C)(C)Cc1nnc(C)o1. The highest BCUT2D eigenvalue weighted by Gasteiger charge is 2.22. The molecule has 27 heavy (non-hydrogen) atoms. The summed E-state index contributed by atoms with van der Waals surface area (Å²) in [6.07, 6.45) is 3.73. The van der Waals surface area contributed by atoms with Crippen LogP contribution in [0.15, 0.2) is 22.6 Å². The average Bonchev–Trinajstić information content (AvgIpc) is 3.22. The summed E-state index contributed by atoms with van der Waals surface area (Å²) in [5, 5.41) is 20.3. The highest BCUT2D eigenvalue weighted by Crippen LogP contribution is 2.30. The van der Waals surface area contributed by atoms with Crippen LogP contribution in [0.2, 0.25) is 0 Å². The number of benzene rings is 1. The number of hydrogen-bond donors (Lipinski definition) is 0. The number of aryl methyl sites for hydroxylation is 3. The Morgan fingerprint density at radius 1 is 1.19 bits per heavy atom. The minimum Gasteiger partial charge on any atom is -0.496 e. The van der Waals surface area contributed by atoms with E-state index in [4.69, 9.17) is 9.15 Å². The first-order valence-corrected chi connectivity index (χ1v) is 9.06. The van der Waals surface area contributed by atoms with Crippen LogP contribution >= 0.6 is 0 Å². The summed E-state index contributed by atoms with van der Waals surface area (Å²) in [6.45, 7) is 6.27. The zero-order valence-electron chi connectivity index (χ0n) is 16.6. The lowest BCUT2D eigenvalue weighted by atomic mass is 9.83. The Bertz CT molecular complexity index is 899. The number of methoxy groups -OCH3 is 1. The number of nitrogens with zero attached hydrogens (tertiary/aromatic N) is 6. The van der Waals surface area contributed by atoms with Gasteiger partial charge in [-0.2, -0.15) is 4.80 Å². The molecule has 0 saturated heterocycles. The summed E-state index contributed by atoms with van der Waals surface area (Å²) in [6, 6.07) is 6.01. The second kappa shape index (κ2) is 7.85. The molecule has 0 saturated carbocycles. The van der Waals surface area contributed by atoms with Crippen LogP contribution in [0.4, 0.5) is 0 Å². The first kappa shape index (κ1) is 19.0. The lowest BCUT2D eigenvalue weighted by Gasteiger charge is -2.22. The topological polar surface area (TPSA) is 91.8 Å². The highest BCUT2D eigenvalue weighted by molar-refractivity contribution is 5.58. The van der Waals surface area contributed by atoms with Gasteiger partial charge >= 0.3 is 0 Å². The summed E-state index contributed by atoms with van der Waals surface area (Å²) in [5.41, 5.74) is 2.17. The molecule has 0 radical (unpaired) electrons. The van der Waals surface area contributed by atoms with E-state index in [2.05, 4.69) is 45.5 Å². The van der Waals surface area contributed by atoms with Gasteiger partial charge < -0.3 is 9.15 Å². The van der Waals surface area contributed by atoms with Crippen LogP contribution in [0.3, 0.4) is 0 Å². The van der Waals surface area contributed by atoms with Crippen molar-refractivity contribution in [2.75, 3.05) is 7.11 Å². The minimum absolute atomic E-state index is 0.0796. The third-order valence-electron chi connectivity index (χ3n) is 4.54. The van der Waals surface area contributed by atoms with E-state index in [0.29, 0.717) is 17.6 Å². The van der Waals surface area contributed by atoms with E-state index < -0.39 is 0 Å². The third kappa shape index (κ3) is 4.90. The normalized spacial score (nSPS) is 11.7. The van der Waals surface area contributed by atoms with E-state index in [1.807, 2.05) is 19.1 Å². The molecule has 0 bridgehead atoms. The van der Waals surface area contributed by atoms with Gasteiger partial charge in [-0.1, -0.05) is 13.8 Å². The summed E-state index contributed by atoms with van der Waals surface area (Å²) in [4.78, 5) is 1.46. The predicted molar refractivity (Wildman–Crippen MR) is 100 cm³/mol.